The summed E-state index contributed by atoms with van der Waals surface area (Å²) in [6.45, 7) is 0.204. The van der Waals surface area contributed by atoms with Crippen LogP contribution in [0.3, 0.4) is 0 Å². The van der Waals surface area contributed by atoms with Crippen molar-refractivity contribution in [1.82, 2.24) is 15.2 Å². The maximum atomic E-state index is 12.3. The first-order valence-corrected chi connectivity index (χ1v) is 7.94. The van der Waals surface area contributed by atoms with Crippen molar-refractivity contribution in [3.8, 4) is 0 Å². The molecule has 0 radical (unpaired) electrons. The van der Waals surface area contributed by atoms with Crippen LogP contribution < -0.4 is 5.32 Å². The number of aromatic nitrogens is 1. The molecule has 1 aromatic heterocycles. The number of rotatable bonds is 4. The number of nitrogens with one attached hydrogen (secondary N) is 2. The first kappa shape index (κ1) is 16.0. The molecule has 1 aliphatic rings. The van der Waals surface area contributed by atoms with Gasteiger partial charge in [-0.1, -0.05) is 18.2 Å². The number of amides is 2. The van der Waals surface area contributed by atoms with Crippen molar-refractivity contribution in [2.75, 3.05) is 13.1 Å². The Balaban J connectivity index is 1.62. The van der Waals surface area contributed by atoms with Crippen LogP contribution in [0, 0.1) is 0 Å². The van der Waals surface area contributed by atoms with Gasteiger partial charge in [-0.05, 0) is 31.4 Å². The lowest BCUT2D eigenvalue weighted by Gasteiger charge is -2.32. The number of nitrogens with zero attached hydrogens (tertiary/aromatic N) is 1. The summed E-state index contributed by atoms with van der Waals surface area (Å²) in [4.78, 5) is 40.0. The molecule has 1 aromatic carbocycles. The van der Waals surface area contributed by atoms with Crippen LogP contribution >= 0.6 is 0 Å². The van der Waals surface area contributed by atoms with E-state index in [1.54, 1.807) is 6.07 Å². The standard InChI is InChI=1S/C17H19N3O4/c21-15(20-8-4-3-7-14(20)17(23)24)10-18-16(22)13-9-11-5-1-2-6-12(11)19-13/h1-2,5-6,9,14,19H,3-4,7-8,10H2,(H,18,22)(H,23,24). The van der Waals surface area contributed by atoms with Gasteiger partial charge in [0.2, 0.25) is 5.91 Å². The molecule has 0 spiro atoms. The summed E-state index contributed by atoms with van der Waals surface area (Å²) < 4.78 is 0. The molecule has 1 unspecified atom stereocenters. The van der Waals surface area contributed by atoms with E-state index in [0.717, 1.165) is 23.7 Å². The van der Waals surface area contributed by atoms with Gasteiger partial charge in [-0.2, -0.15) is 0 Å². The quantitative estimate of drug-likeness (QED) is 0.788. The second kappa shape index (κ2) is 6.74. The topological polar surface area (TPSA) is 102 Å². The van der Waals surface area contributed by atoms with Gasteiger partial charge in [-0.25, -0.2) is 4.79 Å². The molecule has 1 saturated heterocycles. The molecule has 7 nitrogen and oxygen atoms in total. The van der Waals surface area contributed by atoms with E-state index in [2.05, 4.69) is 10.3 Å². The van der Waals surface area contributed by atoms with Crippen molar-refractivity contribution >= 4 is 28.7 Å². The molecule has 24 heavy (non-hydrogen) atoms. The van der Waals surface area contributed by atoms with Crippen LogP contribution in [-0.2, 0) is 9.59 Å². The Morgan fingerprint density at radius 3 is 2.79 bits per heavy atom. The SMILES string of the molecule is O=C(NCC(=O)N1CCCCC1C(=O)O)c1cc2ccccc2[nH]1. The van der Waals surface area contributed by atoms with Crippen LogP contribution in [0.15, 0.2) is 30.3 Å². The highest BCUT2D eigenvalue weighted by Crippen LogP contribution is 2.17. The number of carbonyl (C=O) groups excluding carboxylic acids is 2. The van der Waals surface area contributed by atoms with Gasteiger partial charge in [0.15, 0.2) is 0 Å². The van der Waals surface area contributed by atoms with Gasteiger partial charge in [0.05, 0.1) is 6.54 Å². The summed E-state index contributed by atoms with van der Waals surface area (Å²) in [7, 11) is 0. The lowest BCUT2D eigenvalue weighted by atomic mass is 10.0. The summed E-state index contributed by atoms with van der Waals surface area (Å²) in [6, 6.07) is 8.42. The highest BCUT2D eigenvalue weighted by Gasteiger charge is 2.31. The summed E-state index contributed by atoms with van der Waals surface area (Å²) in [5.41, 5.74) is 1.22. The van der Waals surface area contributed by atoms with Crippen molar-refractivity contribution in [3.05, 3.63) is 36.0 Å². The molecule has 2 aromatic rings. The first-order valence-electron chi connectivity index (χ1n) is 7.94. The number of aliphatic carboxylic acids is 1. The van der Waals surface area contributed by atoms with Crippen molar-refractivity contribution in [3.63, 3.8) is 0 Å². The van der Waals surface area contributed by atoms with Crippen LogP contribution in [0.4, 0.5) is 0 Å². The lowest BCUT2D eigenvalue weighted by molar-refractivity contribution is -0.151. The number of carboxylic acid groups (broad SMARTS) is 1. The number of carboxylic acids is 1. The summed E-state index contributed by atoms with van der Waals surface area (Å²) >= 11 is 0. The summed E-state index contributed by atoms with van der Waals surface area (Å²) in [6.07, 6.45) is 2.03. The molecule has 2 heterocycles. The van der Waals surface area contributed by atoms with Crippen molar-refractivity contribution < 1.29 is 19.5 Å². The third-order valence-corrected chi connectivity index (χ3v) is 4.28. The van der Waals surface area contributed by atoms with Gasteiger partial charge in [0.25, 0.3) is 5.91 Å². The van der Waals surface area contributed by atoms with E-state index in [1.807, 2.05) is 24.3 Å². The minimum absolute atomic E-state index is 0.210. The van der Waals surface area contributed by atoms with Gasteiger partial charge in [-0.3, -0.25) is 9.59 Å². The Hall–Kier alpha value is -2.83. The van der Waals surface area contributed by atoms with E-state index >= 15 is 0 Å². The van der Waals surface area contributed by atoms with E-state index in [-0.39, 0.29) is 18.4 Å². The summed E-state index contributed by atoms with van der Waals surface area (Å²) in [5, 5.41) is 12.7. The van der Waals surface area contributed by atoms with Crippen LogP contribution in [0.25, 0.3) is 10.9 Å². The molecule has 0 saturated carbocycles. The lowest BCUT2D eigenvalue weighted by Crippen LogP contribution is -2.51. The minimum Gasteiger partial charge on any atom is -0.480 e. The molecule has 3 N–H and O–H groups in total. The van der Waals surface area contributed by atoms with Crippen LogP contribution in [0.2, 0.25) is 0 Å². The predicted molar refractivity (Wildman–Crippen MR) is 87.6 cm³/mol. The normalized spacial score (nSPS) is 17.7. The molecular formula is C17H19N3O4. The molecule has 3 rings (SSSR count). The van der Waals surface area contributed by atoms with Crippen LogP contribution in [0.1, 0.15) is 29.8 Å². The first-order chi connectivity index (χ1) is 11.6. The Bertz CT molecular complexity index is 750. The molecule has 1 atom stereocenters. The maximum Gasteiger partial charge on any atom is 0.326 e. The highest BCUT2D eigenvalue weighted by atomic mass is 16.4. The fraction of sp³-hybridized carbons (Fsp3) is 0.353. The number of hydrogen-bond donors (Lipinski definition) is 3. The third-order valence-electron chi connectivity index (χ3n) is 4.28. The third kappa shape index (κ3) is 3.24. The number of hydrogen-bond acceptors (Lipinski definition) is 3. The predicted octanol–water partition coefficient (Wildman–Crippen LogP) is 1.36. The van der Waals surface area contributed by atoms with Gasteiger partial charge < -0.3 is 20.3 Å². The average molecular weight is 329 g/mol. The van der Waals surface area contributed by atoms with Gasteiger partial charge in [-0.15, -0.1) is 0 Å². The van der Waals surface area contributed by atoms with E-state index in [4.69, 9.17) is 0 Å². The van der Waals surface area contributed by atoms with Crippen molar-refractivity contribution in [2.45, 2.75) is 25.3 Å². The zero-order chi connectivity index (χ0) is 17.1. The number of aromatic amines is 1. The zero-order valence-corrected chi connectivity index (χ0v) is 13.1. The Morgan fingerprint density at radius 2 is 2.04 bits per heavy atom. The van der Waals surface area contributed by atoms with E-state index in [0.29, 0.717) is 18.7 Å². The number of H-pyrrole nitrogens is 1. The highest BCUT2D eigenvalue weighted by molar-refractivity contribution is 5.99. The molecule has 0 aliphatic carbocycles. The Labute approximate surface area is 138 Å². The Kier molecular flexibility index (Phi) is 4.50. The number of carbonyl (C=O) groups is 3. The molecule has 0 bridgehead atoms. The number of para-hydroxylation sites is 1. The number of likely N-dealkylation sites (tertiary alicyclic amines) is 1. The monoisotopic (exact) mass is 329 g/mol. The van der Waals surface area contributed by atoms with Gasteiger partial charge >= 0.3 is 5.97 Å². The van der Waals surface area contributed by atoms with Crippen molar-refractivity contribution in [2.24, 2.45) is 0 Å². The zero-order valence-electron chi connectivity index (χ0n) is 13.1. The Morgan fingerprint density at radius 1 is 1.25 bits per heavy atom. The molecule has 7 heteroatoms. The number of fused-ring (bicyclic) bond motifs is 1. The van der Waals surface area contributed by atoms with Gasteiger partial charge in [0, 0.05) is 17.4 Å². The van der Waals surface area contributed by atoms with Crippen LogP contribution in [0.5, 0.6) is 0 Å². The molecular weight excluding hydrogens is 310 g/mol. The fourth-order valence-corrected chi connectivity index (χ4v) is 3.04. The number of benzene rings is 1. The second-order valence-corrected chi connectivity index (χ2v) is 5.89. The largest absolute Gasteiger partial charge is 0.480 e. The van der Waals surface area contributed by atoms with E-state index < -0.39 is 12.0 Å². The average Bonchev–Trinajstić information content (AvgIpc) is 3.03. The summed E-state index contributed by atoms with van der Waals surface area (Å²) in [5.74, 6) is -1.75. The van der Waals surface area contributed by atoms with E-state index in [9.17, 15) is 19.5 Å². The molecule has 126 valence electrons. The molecule has 1 fully saturated rings. The van der Waals surface area contributed by atoms with Crippen molar-refractivity contribution in [1.29, 1.82) is 0 Å². The number of piperidine rings is 1. The van der Waals surface area contributed by atoms with E-state index in [1.165, 1.54) is 4.90 Å². The minimum atomic E-state index is -0.995. The smallest absolute Gasteiger partial charge is 0.326 e. The molecule has 2 amide bonds. The molecule has 1 aliphatic heterocycles. The maximum absolute atomic E-state index is 12.3. The van der Waals surface area contributed by atoms with Gasteiger partial charge in [0.1, 0.15) is 11.7 Å². The second-order valence-electron chi connectivity index (χ2n) is 5.89. The fourth-order valence-electron chi connectivity index (χ4n) is 3.04. The van der Waals surface area contributed by atoms with Crippen LogP contribution in [-0.4, -0.2) is 51.9 Å².